The van der Waals surface area contributed by atoms with Crippen molar-refractivity contribution in [1.29, 1.82) is 0 Å². The summed E-state index contributed by atoms with van der Waals surface area (Å²) in [5.41, 5.74) is 0. The molecule has 2 unspecified atom stereocenters. The largest absolute Gasteiger partial charge is 0.477 e. The van der Waals surface area contributed by atoms with Crippen LogP contribution in [0.15, 0.2) is 0 Å². The molecule has 0 aromatic heterocycles. The van der Waals surface area contributed by atoms with Crippen LogP contribution in [0, 0.1) is 0 Å². The van der Waals surface area contributed by atoms with Crippen LogP contribution < -0.4 is 0 Å². The van der Waals surface area contributed by atoms with Crippen molar-refractivity contribution in [2.45, 2.75) is 251 Å². The number of quaternary nitrogens is 1. The molecule has 0 radical (unpaired) electrons. The number of carbonyl (C=O) groups excluding carboxylic acids is 2. The molecule has 0 aliphatic heterocycles. The molecule has 0 aromatic carbocycles. The van der Waals surface area contributed by atoms with Crippen LogP contribution in [0.3, 0.4) is 0 Å². The molecule has 0 heterocycles. The van der Waals surface area contributed by atoms with Gasteiger partial charge in [-0.25, -0.2) is 4.79 Å². The fourth-order valence-corrected chi connectivity index (χ4v) is 7.25. The van der Waals surface area contributed by atoms with Crippen LogP contribution in [0.25, 0.3) is 0 Å². The second kappa shape index (κ2) is 42.0. The molecule has 2 atom stereocenters. The molecule has 58 heavy (non-hydrogen) atoms. The van der Waals surface area contributed by atoms with Gasteiger partial charge in [0.15, 0.2) is 6.10 Å². The molecule has 0 amide bonds. The minimum Gasteiger partial charge on any atom is -0.477 e. The molecule has 9 nitrogen and oxygen atoms in total. The van der Waals surface area contributed by atoms with E-state index >= 15 is 0 Å². The van der Waals surface area contributed by atoms with Crippen LogP contribution in [0.4, 0.5) is 0 Å². The van der Waals surface area contributed by atoms with E-state index in [1.54, 1.807) is 0 Å². The highest BCUT2D eigenvalue weighted by molar-refractivity contribution is 5.71. The lowest BCUT2D eigenvalue weighted by Crippen LogP contribution is -2.40. The van der Waals surface area contributed by atoms with E-state index in [0.29, 0.717) is 17.4 Å². The van der Waals surface area contributed by atoms with Gasteiger partial charge in [-0.05, 0) is 12.8 Å². The van der Waals surface area contributed by atoms with Crippen LogP contribution >= 0.6 is 0 Å². The lowest BCUT2D eigenvalue weighted by atomic mass is 10.0. The minimum absolute atomic E-state index is 0.174. The number of ether oxygens (including phenoxy) is 4. The number of rotatable bonds is 46. The number of carbonyl (C=O) groups is 3. The van der Waals surface area contributed by atoms with Gasteiger partial charge in [0.2, 0.25) is 0 Å². The van der Waals surface area contributed by atoms with Crippen molar-refractivity contribution in [3.63, 3.8) is 0 Å². The Hall–Kier alpha value is -1.71. The van der Waals surface area contributed by atoms with Crippen molar-refractivity contribution in [2.75, 3.05) is 47.5 Å². The number of aliphatic carboxylic acids is 1. The zero-order valence-corrected chi connectivity index (χ0v) is 39.0. The summed E-state index contributed by atoms with van der Waals surface area (Å²) in [6, 6.07) is 0. The summed E-state index contributed by atoms with van der Waals surface area (Å²) in [5, 5.41) is 9.62. The zero-order chi connectivity index (χ0) is 42.8. The normalized spacial score (nSPS) is 12.8. The molecule has 1 N–H and O–H groups in total. The highest BCUT2D eigenvalue weighted by atomic mass is 16.7. The van der Waals surface area contributed by atoms with Crippen LogP contribution in [-0.2, 0) is 33.3 Å². The monoisotopic (exact) mass is 827 g/mol. The number of esters is 2. The second-order valence-electron chi connectivity index (χ2n) is 18.1. The summed E-state index contributed by atoms with van der Waals surface area (Å²) in [6.45, 7) is 4.88. The summed E-state index contributed by atoms with van der Waals surface area (Å²) in [6.07, 6.45) is 40.5. The molecule has 0 aliphatic carbocycles. The van der Waals surface area contributed by atoms with Crippen LogP contribution in [-0.4, -0.2) is 87.4 Å². The standard InChI is InChI=1S/C49H95NO8/c1-6-8-10-12-14-16-17-18-19-20-21-22-23-24-25-26-27-28-29-30-31-32-34-36-38-40-47(52)58-45(44-57-49(48(53)54)55-42-41-50(3,4)5)43-56-46(51)39-37-35-33-15-13-11-9-7-2/h45,49H,6-44H2,1-5H3/p+1. The topological polar surface area (TPSA) is 108 Å². The SMILES string of the molecule is CCCCCCCCCCCCCCCCCCCCCCCCCCCC(=O)OC(COC(=O)CCCCCCCCCC)COC(OCC[N+](C)(C)C)C(=O)O. The second-order valence-corrected chi connectivity index (χ2v) is 18.1. The molecule has 0 bridgehead atoms. The van der Waals surface area contributed by atoms with Crippen LogP contribution in [0.1, 0.15) is 239 Å². The highest BCUT2D eigenvalue weighted by Crippen LogP contribution is 2.17. The van der Waals surface area contributed by atoms with Gasteiger partial charge in [-0.1, -0.05) is 213 Å². The van der Waals surface area contributed by atoms with Gasteiger partial charge in [0.1, 0.15) is 13.2 Å². The average Bonchev–Trinajstić information content (AvgIpc) is 3.18. The minimum atomic E-state index is -1.50. The Labute approximate surface area is 358 Å². The first-order chi connectivity index (χ1) is 28.1. The molecule has 0 aromatic rings. The number of nitrogens with zero attached hydrogens (tertiary/aromatic N) is 1. The molecule has 9 heteroatoms. The van der Waals surface area contributed by atoms with Crippen molar-refractivity contribution in [3.8, 4) is 0 Å². The van der Waals surface area contributed by atoms with Crippen molar-refractivity contribution in [3.05, 3.63) is 0 Å². The molecular formula is C49H96NO8+. The van der Waals surface area contributed by atoms with Crippen molar-refractivity contribution >= 4 is 17.9 Å². The summed E-state index contributed by atoms with van der Waals surface area (Å²) in [7, 11) is 5.96. The van der Waals surface area contributed by atoms with Gasteiger partial charge in [-0.15, -0.1) is 0 Å². The van der Waals surface area contributed by atoms with Crippen molar-refractivity contribution in [2.24, 2.45) is 0 Å². The quantitative estimate of drug-likeness (QED) is 0.0280. The maximum atomic E-state index is 12.8. The Kier molecular flexibility index (Phi) is 40.8. The smallest absolute Gasteiger partial charge is 0.361 e. The summed E-state index contributed by atoms with van der Waals surface area (Å²) in [4.78, 5) is 37.0. The Morgan fingerprint density at radius 1 is 0.448 bits per heavy atom. The lowest BCUT2D eigenvalue weighted by molar-refractivity contribution is -0.870. The molecule has 0 fully saturated rings. The molecule has 0 saturated carbocycles. The zero-order valence-electron chi connectivity index (χ0n) is 39.0. The number of likely N-dealkylation sites (N-methyl/N-ethyl adjacent to an activating group) is 1. The van der Waals surface area contributed by atoms with E-state index in [1.807, 2.05) is 21.1 Å². The van der Waals surface area contributed by atoms with Gasteiger partial charge in [-0.3, -0.25) is 9.59 Å². The summed E-state index contributed by atoms with van der Waals surface area (Å²) < 4.78 is 22.7. The lowest BCUT2D eigenvalue weighted by Gasteiger charge is -2.25. The Morgan fingerprint density at radius 3 is 1.10 bits per heavy atom. The van der Waals surface area contributed by atoms with Crippen molar-refractivity contribution < 1.29 is 42.9 Å². The van der Waals surface area contributed by atoms with Gasteiger partial charge in [-0.2, -0.15) is 0 Å². The number of carboxylic acids is 1. The van der Waals surface area contributed by atoms with E-state index in [-0.39, 0.29) is 38.2 Å². The third-order valence-corrected chi connectivity index (χ3v) is 11.1. The fraction of sp³-hybridized carbons (Fsp3) is 0.939. The number of hydrogen-bond acceptors (Lipinski definition) is 7. The molecule has 0 aliphatic rings. The van der Waals surface area contributed by atoms with E-state index in [1.165, 1.54) is 173 Å². The maximum absolute atomic E-state index is 12.8. The van der Waals surface area contributed by atoms with Gasteiger partial charge in [0.25, 0.3) is 6.29 Å². The average molecular weight is 827 g/mol. The van der Waals surface area contributed by atoms with Crippen molar-refractivity contribution in [1.82, 2.24) is 0 Å². The molecular weight excluding hydrogens is 731 g/mol. The third-order valence-electron chi connectivity index (χ3n) is 11.1. The highest BCUT2D eigenvalue weighted by Gasteiger charge is 2.25. The molecule has 0 spiro atoms. The Bertz CT molecular complexity index is 923. The predicted octanol–water partition coefficient (Wildman–Crippen LogP) is 13.3. The van der Waals surface area contributed by atoms with Crippen LogP contribution in [0.5, 0.6) is 0 Å². The van der Waals surface area contributed by atoms with E-state index in [9.17, 15) is 19.5 Å². The van der Waals surface area contributed by atoms with E-state index in [2.05, 4.69) is 13.8 Å². The third kappa shape index (κ3) is 42.4. The van der Waals surface area contributed by atoms with Gasteiger partial charge in [0, 0.05) is 12.8 Å². The Balaban J connectivity index is 4.11. The first-order valence-electron chi connectivity index (χ1n) is 24.7. The number of unbranched alkanes of at least 4 members (excludes halogenated alkanes) is 31. The van der Waals surface area contributed by atoms with Crippen LogP contribution in [0.2, 0.25) is 0 Å². The summed E-state index contributed by atoms with van der Waals surface area (Å²) in [5.74, 6) is -1.99. The maximum Gasteiger partial charge on any atom is 0.361 e. The fourth-order valence-electron chi connectivity index (χ4n) is 7.25. The van der Waals surface area contributed by atoms with E-state index in [0.717, 1.165) is 38.5 Å². The molecule has 0 saturated heterocycles. The molecule has 0 rings (SSSR count). The van der Waals surface area contributed by atoms with Gasteiger partial charge in [0.05, 0.1) is 34.4 Å². The predicted molar refractivity (Wildman–Crippen MR) is 240 cm³/mol. The van der Waals surface area contributed by atoms with E-state index < -0.39 is 18.4 Å². The number of carboxylic acid groups (broad SMARTS) is 1. The summed E-state index contributed by atoms with van der Waals surface area (Å²) >= 11 is 0. The first-order valence-corrected chi connectivity index (χ1v) is 24.7. The molecule has 344 valence electrons. The van der Waals surface area contributed by atoms with Gasteiger partial charge < -0.3 is 28.5 Å². The Morgan fingerprint density at radius 2 is 0.776 bits per heavy atom. The number of hydrogen-bond donors (Lipinski definition) is 1. The first kappa shape index (κ1) is 56.3. The van der Waals surface area contributed by atoms with E-state index in [4.69, 9.17) is 18.9 Å². The van der Waals surface area contributed by atoms with Gasteiger partial charge >= 0.3 is 17.9 Å².